The van der Waals surface area contributed by atoms with Crippen molar-refractivity contribution in [3.8, 4) is 0 Å². The van der Waals surface area contributed by atoms with Crippen molar-refractivity contribution in [1.29, 1.82) is 0 Å². The lowest BCUT2D eigenvalue weighted by molar-refractivity contribution is -0.648. The van der Waals surface area contributed by atoms with Gasteiger partial charge >= 0.3 is 0 Å². The smallest absolute Gasteiger partial charge is 0.276 e. The van der Waals surface area contributed by atoms with E-state index in [4.69, 9.17) is 14.4 Å². The van der Waals surface area contributed by atoms with Crippen molar-refractivity contribution in [1.82, 2.24) is 0 Å². The standard InChI is InChI=1S/2C4H11N.HO3P/c2*1-3-5-4-2;1-4(2)3/h2*5H,3-4H2,1-2H3;(H,1,2,3)/p+1. The van der Waals surface area contributed by atoms with Gasteiger partial charge in [0.05, 0.1) is 26.2 Å². The topological polar surface area (TPSA) is 96.4 Å². The molecule has 0 heterocycles. The fourth-order valence-electron chi connectivity index (χ4n) is 0.577. The molecule has 0 aromatic heterocycles. The van der Waals surface area contributed by atoms with E-state index in [1.807, 2.05) is 0 Å². The van der Waals surface area contributed by atoms with Crippen LogP contribution in [0.2, 0.25) is 0 Å². The summed E-state index contributed by atoms with van der Waals surface area (Å²) in [4.78, 5) is 17.0. The van der Waals surface area contributed by atoms with E-state index in [1.165, 1.54) is 26.2 Å². The monoisotopic (exact) mass is 227 g/mol. The number of hydrogen-bond donors (Lipinski definition) is 2. The predicted octanol–water partition coefficient (Wildman–Crippen LogP) is -2.46. The molecule has 0 amide bonds. The summed E-state index contributed by atoms with van der Waals surface area (Å²) in [6.45, 7) is 13.5. The lowest BCUT2D eigenvalue weighted by Gasteiger charge is -1.83. The highest BCUT2D eigenvalue weighted by Crippen LogP contribution is 1.79. The average molecular weight is 227 g/mol. The van der Waals surface area contributed by atoms with Crippen LogP contribution in [0, 0.1) is 0 Å². The van der Waals surface area contributed by atoms with Crippen LogP contribution < -0.4 is 20.4 Å². The van der Waals surface area contributed by atoms with Crippen LogP contribution in [0.5, 0.6) is 0 Å². The molecule has 0 saturated heterocycles. The van der Waals surface area contributed by atoms with E-state index in [0.717, 1.165) is 0 Å². The van der Waals surface area contributed by atoms with Gasteiger partial charge < -0.3 is 20.4 Å². The molecule has 0 bridgehead atoms. The Balaban J connectivity index is -0.000000131. The molecule has 0 atom stereocenters. The summed E-state index contributed by atoms with van der Waals surface area (Å²) in [5.74, 6) is 0. The number of hydrogen-bond acceptors (Lipinski definition) is 3. The van der Waals surface area contributed by atoms with E-state index in [2.05, 4.69) is 38.3 Å². The molecule has 0 aliphatic rings. The van der Waals surface area contributed by atoms with Gasteiger partial charge in [0.25, 0.3) is 8.25 Å². The maximum atomic E-state index is 8.48. The molecule has 0 rings (SSSR count). The van der Waals surface area contributed by atoms with E-state index in [0.29, 0.717) is 0 Å². The van der Waals surface area contributed by atoms with Crippen LogP contribution in [-0.4, -0.2) is 26.2 Å². The largest absolute Gasteiger partial charge is 0.598 e. The van der Waals surface area contributed by atoms with Crippen LogP contribution in [0.3, 0.4) is 0 Å². The van der Waals surface area contributed by atoms with Gasteiger partial charge in [-0.15, -0.1) is 0 Å². The van der Waals surface area contributed by atoms with Crippen molar-refractivity contribution in [2.45, 2.75) is 27.7 Å². The lowest BCUT2D eigenvalue weighted by Crippen LogP contribution is -2.82. The maximum absolute atomic E-state index is 8.48. The molecule has 0 saturated carbocycles. The Morgan fingerprint density at radius 1 is 0.857 bits per heavy atom. The average Bonchev–Trinajstić information content (AvgIpc) is 2.07. The minimum Gasteiger partial charge on any atom is -0.598 e. The molecular formula is C8H24N2O3P+. The van der Waals surface area contributed by atoms with Gasteiger partial charge in [-0.1, -0.05) is 4.57 Å². The first-order chi connectivity index (χ1) is 6.56. The van der Waals surface area contributed by atoms with Gasteiger partial charge in [-0.2, -0.15) is 0 Å². The van der Waals surface area contributed by atoms with Gasteiger partial charge in [-0.25, -0.2) is 0 Å². The minimum absolute atomic E-state index is 1.22. The van der Waals surface area contributed by atoms with Crippen LogP contribution in [0.4, 0.5) is 0 Å². The van der Waals surface area contributed by atoms with Gasteiger partial charge in [-0.3, -0.25) is 0 Å². The molecular weight excluding hydrogens is 203 g/mol. The summed E-state index contributed by atoms with van der Waals surface area (Å²) in [5.41, 5.74) is 0. The molecule has 6 heteroatoms. The second-order valence-corrected chi connectivity index (χ2v) is 2.88. The normalized spacial score (nSPS) is 7.86. The first kappa shape index (κ1) is 19.5. The van der Waals surface area contributed by atoms with E-state index in [9.17, 15) is 0 Å². The molecule has 0 aromatic carbocycles. The molecule has 4 N–H and O–H groups in total. The zero-order valence-corrected chi connectivity index (χ0v) is 10.5. The summed E-state index contributed by atoms with van der Waals surface area (Å²) in [6.07, 6.45) is 0. The molecule has 0 aromatic rings. The molecule has 0 aliphatic carbocycles. The van der Waals surface area contributed by atoms with Crippen molar-refractivity contribution in [3.63, 3.8) is 0 Å². The van der Waals surface area contributed by atoms with Crippen LogP contribution in [0.25, 0.3) is 0 Å². The third-order valence-electron chi connectivity index (χ3n) is 1.15. The highest BCUT2D eigenvalue weighted by molar-refractivity contribution is 7.27. The maximum Gasteiger partial charge on any atom is 0.276 e. The van der Waals surface area contributed by atoms with Gasteiger partial charge in [-0.05, 0) is 27.7 Å². The van der Waals surface area contributed by atoms with Crippen molar-refractivity contribution >= 4 is 8.25 Å². The molecule has 0 radical (unpaired) electrons. The Labute approximate surface area is 87.9 Å². The van der Waals surface area contributed by atoms with Crippen molar-refractivity contribution < 1.29 is 25.0 Å². The fourth-order valence-corrected chi connectivity index (χ4v) is 0.577. The molecule has 5 nitrogen and oxygen atoms in total. The fraction of sp³-hybridized carbons (Fsp3) is 1.00. The van der Waals surface area contributed by atoms with E-state index in [-0.39, 0.29) is 0 Å². The van der Waals surface area contributed by atoms with E-state index >= 15 is 0 Å². The van der Waals surface area contributed by atoms with Gasteiger partial charge in [0.1, 0.15) is 0 Å². The van der Waals surface area contributed by atoms with Gasteiger partial charge in [0.15, 0.2) is 0 Å². The molecule has 14 heavy (non-hydrogen) atoms. The van der Waals surface area contributed by atoms with E-state index < -0.39 is 8.25 Å². The van der Waals surface area contributed by atoms with Crippen LogP contribution >= 0.6 is 8.25 Å². The van der Waals surface area contributed by atoms with Crippen LogP contribution in [0.15, 0.2) is 0 Å². The Bertz CT molecular complexity index is 90.6. The Morgan fingerprint density at radius 2 is 1.00 bits per heavy atom. The third-order valence-corrected chi connectivity index (χ3v) is 1.15. The third kappa shape index (κ3) is 92.1. The van der Waals surface area contributed by atoms with Gasteiger partial charge in [0.2, 0.25) is 0 Å². The molecule has 0 spiro atoms. The van der Waals surface area contributed by atoms with Crippen molar-refractivity contribution in [2.24, 2.45) is 0 Å². The zero-order valence-electron chi connectivity index (χ0n) is 9.66. The predicted molar refractivity (Wildman–Crippen MR) is 53.6 cm³/mol. The van der Waals surface area contributed by atoms with Crippen molar-refractivity contribution in [3.05, 3.63) is 0 Å². The second kappa shape index (κ2) is 23.1. The number of quaternary nitrogens is 2. The first-order valence-corrected chi connectivity index (χ1v) is 6.10. The lowest BCUT2D eigenvalue weighted by atomic mass is 10.7. The van der Waals surface area contributed by atoms with E-state index in [1.54, 1.807) is 0 Å². The first-order valence-electron chi connectivity index (χ1n) is 5.01. The quantitative estimate of drug-likeness (QED) is 0.521. The molecule has 0 unspecified atom stereocenters. The van der Waals surface area contributed by atoms with Crippen LogP contribution in [-0.2, 0) is 4.57 Å². The zero-order chi connectivity index (χ0) is 11.8. The number of rotatable bonds is 4. The summed E-state index contributed by atoms with van der Waals surface area (Å²) in [6, 6.07) is 0. The Morgan fingerprint density at radius 3 is 1.00 bits per heavy atom. The molecule has 88 valence electrons. The van der Waals surface area contributed by atoms with Gasteiger partial charge in [0, 0.05) is 0 Å². The highest BCUT2D eigenvalue weighted by Gasteiger charge is 1.67. The van der Waals surface area contributed by atoms with Crippen molar-refractivity contribution in [2.75, 3.05) is 26.2 Å². The highest BCUT2D eigenvalue weighted by atomic mass is 31.1. The summed E-state index contributed by atoms with van der Waals surface area (Å²) in [7, 11) is -3.37. The number of nitrogens with two attached hydrogens (primary N) is 2. The molecule has 0 aliphatic heterocycles. The minimum atomic E-state index is -3.37. The second-order valence-electron chi connectivity index (χ2n) is 2.43. The molecule has 0 fully saturated rings. The summed E-state index contributed by atoms with van der Waals surface area (Å²) >= 11 is 0. The Hall–Kier alpha value is -0.0600. The Kier molecular flexibility index (Phi) is 32.2. The summed E-state index contributed by atoms with van der Waals surface area (Å²) < 4.78 is 8.48. The summed E-state index contributed by atoms with van der Waals surface area (Å²) in [5, 5.41) is 4.50. The SMILES string of the molecule is CC[NH2+]CC.CC[NH2+]CC.O=[P+]([O-])[O-]. The van der Waals surface area contributed by atoms with Crippen LogP contribution in [0.1, 0.15) is 27.7 Å².